The molecule has 0 spiro atoms. The molecule has 4 heteroatoms. The number of benzene rings is 2. The highest BCUT2D eigenvalue weighted by Gasteiger charge is 2.28. The van der Waals surface area contributed by atoms with E-state index in [1.165, 1.54) is 10.9 Å². The molecular formula is C22H19N3O. The molecule has 0 aliphatic carbocycles. The van der Waals surface area contributed by atoms with Crippen LogP contribution < -0.4 is 5.32 Å². The lowest BCUT2D eigenvalue weighted by Gasteiger charge is -2.06. The summed E-state index contributed by atoms with van der Waals surface area (Å²) in [4.78, 5) is 19.7. The van der Waals surface area contributed by atoms with E-state index in [2.05, 4.69) is 52.5 Å². The highest BCUT2D eigenvalue weighted by Crippen LogP contribution is 2.40. The van der Waals surface area contributed by atoms with E-state index in [4.69, 9.17) is 0 Å². The van der Waals surface area contributed by atoms with E-state index >= 15 is 0 Å². The van der Waals surface area contributed by atoms with Gasteiger partial charge in [-0.3, -0.25) is 4.79 Å². The van der Waals surface area contributed by atoms with Crippen LogP contribution in [0.2, 0.25) is 0 Å². The molecule has 1 aliphatic heterocycles. The number of fused-ring (bicyclic) bond motifs is 2. The molecule has 0 radical (unpaired) electrons. The van der Waals surface area contributed by atoms with Gasteiger partial charge in [0.2, 0.25) is 0 Å². The molecule has 2 aromatic carbocycles. The Morgan fingerprint density at radius 2 is 1.42 bits per heavy atom. The molecule has 3 heterocycles. The fraction of sp³-hybridized carbons (Fsp3) is 0.136. The molecule has 0 saturated carbocycles. The lowest BCUT2D eigenvalue weighted by atomic mass is 9.97. The smallest absolute Gasteiger partial charge is 0.252 e. The van der Waals surface area contributed by atoms with Gasteiger partial charge in [-0.25, -0.2) is 0 Å². The number of aromatic amines is 2. The zero-order valence-corrected chi connectivity index (χ0v) is 14.7. The predicted octanol–water partition coefficient (Wildman–Crippen LogP) is 4.53. The fourth-order valence-corrected chi connectivity index (χ4v) is 4.03. The summed E-state index contributed by atoms with van der Waals surface area (Å²) in [6.45, 7) is 4.76. The topological polar surface area (TPSA) is 60.7 Å². The Labute approximate surface area is 150 Å². The molecule has 3 N–H and O–H groups in total. The van der Waals surface area contributed by atoms with Crippen LogP contribution in [0.3, 0.4) is 0 Å². The number of aromatic nitrogens is 2. The monoisotopic (exact) mass is 341 g/mol. The zero-order valence-electron chi connectivity index (χ0n) is 14.7. The third-order valence-electron chi connectivity index (χ3n) is 5.34. The summed E-state index contributed by atoms with van der Waals surface area (Å²) in [7, 11) is 0. The minimum absolute atomic E-state index is 0.00210. The molecule has 0 atom stereocenters. The Morgan fingerprint density at radius 1 is 0.808 bits per heavy atom. The summed E-state index contributed by atoms with van der Waals surface area (Å²) in [5.74, 6) is 0.00210. The minimum atomic E-state index is 0.00210. The summed E-state index contributed by atoms with van der Waals surface area (Å²) in [6, 6.07) is 16.5. The van der Waals surface area contributed by atoms with Gasteiger partial charge in [0.05, 0.1) is 17.0 Å². The first-order chi connectivity index (χ1) is 12.6. The van der Waals surface area contributed by atoms with Gasteiger partial charge in [-0.2, -0.15) is 0 Å². The number of nitrogens with one attached hydrogen (secondary N) is 3. The third-order valence-corrected chi connectivity index (χ3v) is 5.34. The molecule has 2 aromatic heterocycles. The van der Waals surface area contributed by atoms with E-state index in [0.717, 1.165) is 44.5 Å². The molecule has 128 valence electrons. The molecule has 0 saturated heterocycles. The van der Waals surface area contributed by atoms with Gasteiger partial charge in [-0.05, 0) is 37.1 Å². The standard InChI is InChI=1S/C22H19N3O/c1-12-11-23-22(26)18(12)19-15-8-4-6-10-17(15)25-21(19)20-13(2)14-7-3-5-9-16(14)24-20/h3-10,24-25H,11H2,1-2H3,(H,23,26). The Hall–Kier alpha value is -3.27. The number of H-pyrrole nitrogens is 2. The number of hydrogen-bond donors (Lipinski definition) is 3. The SMILES string of the molecule is CC1=C(c2c(-c3[nH]c4ccccc4c3C)[nH]c3ccccc23)C(=O)NC1. The van der Waals surface area contributed by atoms with Gasteiger partial charge in [-0.1, -0.05) is 36.4 Å². The van der Waals surface area contributed by atoms with Crippen molar-refractivity contribution in [3.8, 4) is 11.4 Å². The number of para-hydroxylation sites is 2. The molecule has 0 unspecified atom stereocenters. The van der Waals surface area contributed by atoms with Gasteiger partial charge in [0.25, 0.3) is 5.91 Å². The van der Waals surface area contributed by atoms with E-state index in [9.17, 15) is 4.79 Å². The van der Waals surface area contributed by atoms with Crippen molar-refractivity contribution in [2.75, 3.05) is 6.54 Å². The summed E-state index contributed by atoms with van der Waals surface area (Å²) in [5, 5.41) is 5.23. The maximum Gasteiger partial charge on any atom is 0.252 e. The zero-order chi connectivity index (χ0) is 17.8. The van der Waals surface area contributed by atoms with Gasteiger partial charge in [-0.15, -0.1) is 0 Å². The van der Waals surface area contributed by atoms with Gasteiger partial charge in [0, 0.05) is 33.9 Å². The number of aryl methyl sites for hydroxylation is 1. The van der Waals surface area contributed by atoms with Crippen LogP contribution in [-0.4, -0.2) is 22.4 Å². The molecule has 0 fully saturated rings. The second-order valence-corrected chi connectivity index (χ2v) is 6.93. The first-order valence-corrected chi connectivity index (χ1v) is 8.82. The lowest BCUT2D eigenvalue weighted by molar-refractivity contribution is -0.114. The second-order valence-electron chi connectivity index (χ2n) is 6.93. The Kier molecular flexibility index (Phi) is 3.10. The van der Waals surface area contributed by atoms with Crippen LogP contribution in [0.15, 0.2) is 54.1 Å². The third kappa shape index (κ3) is 1.99. The molecule has 4 aromatic rings. The van der Waals surface area contributed by atoms with Crippen LogP contribution in [0.5, 0.6) is 0 Å². The van der Waals surface area contributed by atoms with Crippen molar-refractivity contribution in [2.24, 2.45) is 0 Å². The van der Waals surface area contributed by atoms with Gasteiger partial charge in [0.15, 0.2) is 0 Å². The van der Waals surface area contributed by atoms with Crippen molar-refractivity contribution >= 4 is 33.3 Å². The van der Waals surface area contributed by atoms with Crippen LogP contribution in [0.4, 0.5) is 0 Å². The average Bonchev–Trinajstić information content (AvgIpc) is 3.29. The number of hydrogen-bond acceptors (Lipinski definition) is 1. The van der Waals surface area contributed by atoms with Crippen molar-refractivity contribution in [2.45, 2.75) is 13.8 Å². The van der Waals surface area contributed by atoms with Crippen molar-refractivity contribution in [1.82, 2.24) is 15.3 Å². The molecular weight excluding hydrogens is 322 g/mol. The number of carbonyl (C=O) groups is 1. The van der Waals surface area contributed by atoms with E-state index in [1.807, 2.05) is 25.1 Å². The predicted molar refractivity (Wildman–Crippen MR) is 106 cm³/mol. The summed E-state index contributed by atoms with van der Waals surface area (Å²) < 4.78 is 0. The molecule has 1 amide bonds. The number of carbonyl (C=O) groups excluding carboxylic acids is 1. The fourth-order valence-electron chi connectivity index (χ4n) is 4.03. The summed E-state index contributed by atoms with van der Waals surface area (Å²) >= 11 is 0. The highest BCUT2D eigenvalue weighted by molar-refractivity contribution is 6.27. The van der Waals surface area contributed by atoms with Crippen LogP contribution in [-0.2, 0) is 4.79 Å². The van der Waals surface area contributed by atoms with Crippen LogP contribution in [0.1, 0.15) is 18.1 Å². The van der Waals surface area contributed by atoms with Crippen molar-refractivity contribution in [1.29, 1.82) is 0 Å². The maximum absolute atomic E-state index is 12.6. The quantitative estimate of drug-likeness (QED) is 0.493. The Morgan fingerprint density at radius 3 is 2.08 bits per heavy atom. The first-order valence-electron chi connectivity index (χ1n) is 8.82. The van der Waals surface area contributed by atoms with Gasteiger partial charge >= 0.3 is 0 Å². The summed E-state index contributed by atoms with van der Waals surface area (Å²) in [5.41, 5.74) is 8.20. The minimum Gasteiger partial charge on any atom is -0.353 e. The van der Waals surface area contributed by atoms with E-state index in [1.54, 1.807) is 0 Å². The van der Waals surface area contributed by atoms with E-state index < -0.39 is 0 Å². The normalized spacial score (nSPS) is 14.6. The van der Waals surface area contributed by atoms with E-state index in [0.29, 0.717) is 6.54 Å². The van der Waals surface area contributed by atoms with Crippen molar-refractivity contribution < 1.29 is 4.79 Å². The Balaban J connectivity index is 1.89. The lowest BCUT2D eigenvalue weighted by Crippen LogP contribution is -2.17. The van der Waals surface area contributed by atoms with Crippen molar-refractivity contribution in [3.63, 3.8) is 0 Å². The van der Waals surface area contributed by atoms with E-state index in [-0.39, 0.29) is 5.91 Å². The average molecular weight is 341 g/mol. The molecule has 1 aliphatic rings. The number of amides is 1. The van der Waals surface area contributed by atoms with Crippen LogP contribution in [0, 0.1) is 6.92 Å². The molecule has 26 heavy (non-hydrogen) atoms. The summed E-state index contributed by atoms with van der Waals surface area (Å²) in [6.07, 6.45) is 0. The van der Waals surface area contributed by atoms with Crippen LogP contribution in [0.25, 0.3) is 38.8 Å². The molecule has 4 nitrogen and oxygen atoms in total. The molecule has 0 bridgehead atoms. The Bertz CT molecular complexity index is 1220. The van der Waals surface area contributed by atoms with Crippen LogP contribution >= 0.6 is 0 Å². The van der Waals surface area contributed by atoms with Gasteiger partial charge in [0.1, 0.15) is 0 Å². The number of rotatable bonds is 2. The second kappa shape index (κ2) is 5.36. The highest BCUT2D eigenvalue weighted by atomic mass is 16.1. The van der Waals surface area contributed by atoms with Gasteiger partial charge < -0.3 is 15.3 Å². The maximum atomic E-state index is 12.6. The molecule has 5 rings (SSSR count). The first kappa shape index (κ1) is 15.0. The van der Waals surface area contributed by atoms with Crippen molar-refractivity contribution in [3.05, 3.63) is 65.2 Å². The largest absolute Gasteiger partial charge is 0.353 e.